The third-order valence-corrected chi connectivity index (χ3v) is 3.68. The Balaban J connectivity index is 1.54. The SMILES string of the molecule is COc1ccccc1C=CC(=O)OCC(=O)Nc1ccc2[nH]c(=O)[nH]c2c1. The number of benzene rings is 2. The average molecular weight is 367 g/mol. The maximum absolute atomic E-state index is 11.9. The van der Waals surface area contributed by atoms with Crippen molar-refractivity contribution in [2.75, 3.05) is 19.0 Å². The summed E-state index contributed by atoms with van der Waals surface area (Å²) in [6.45, 7) is -0.434. The third-order valence-electron chi connectivity index (χ3n) is 3.68. The minimum Gasteiger partial charge on any atom is -0.496 e. The molecule has 3 rings (SSSR count). The van der Waals surface area contributed by atoms with Crippen molar-refractivity contribution in [2.45, 2.75) is 0 Å². The number of H-pyrrole nitrogens is 2. The Morgan fingerprint density at radius 3 is 2.70 bits per heavy atom. The van der Waals surface area contributed by atoms with Gasteiger partial charge in [0.1, 0.15) is 5.75 Å². The molecule has 0 spiro atoms. The number of nitrogens with one attached hydrogen (secondary N) is 3. The number of carbonyl (C=O) groups excluding carboxylic acids is 2. The van der Waals surface area contributed by atoms with Gasteiger partial charge >= 0.3 is 11.7 Å². The topological polar surface area (TPSA) is 113 Å². The van der Waals surface area contributed by atoms with Crippen LogP contribution < -0.4 is 15.7 Å². The van der Waals surface area contributed by atoms with Crippen LogP contribution in [0.3, 0.4) is 0 Å². The molecule has 8 heteroatoms. The van der Waals surface area contributed by atoms with E-state index in [1.807, 2.05) is 12.1 Å². The molecule has 0 aliphatic carbocycles. The molecule has 1 heterocycles. The van der Waals surface area contributed by atoms with Crippen molar-refractivity contribution in [2.24, 2.45) is 0 Å². The number of rotatable bonds is 6. The Kier molecular flexibility index (Phi) is 5.36. The van der Waals surface area contributed by atoms with Crippen molar-refractivity contribution in [1.82, 2.24) is 9.97 Å². The van der Waals surface area contributed by atoms with Gasteiger partial charge in [-0.05, 0) is 30.3 Å². The van der Waals surface area contributed by atoms with Crippen LogP contribution in [0.5, 0.6) is 5.75 Å². The summed E-state index contributed by atoms with van der Waals surface area (Å²) >= 11 is 0. The highest BCUT2D eigenvalue weighted by Gasteiger charge is 2.07. The number of hydrogen-bond donors (Lipinski definition) is 3. The van der Waals surface area contributed by atoms with Gasteiger partial charge in [-0.2, -0.15) is 0 Å². The van der Waals surface area contributed by atoms with Gasteiger partial charge in [0.05, 0.1) is 18.1 Å². The van der Waals surface area contributed by atoms with Gasteiger partial charge in [-0.15, -0.1) is 0 Å². The normalized spacial score (nSPS) is 10.9. The first kappa shape index (κ1) is 18.0. The molecule has 27 heavy (non-hydrogen) atoms. The number of hydrogen-bond acceptors (Lipinski definition) is 5. The van der Waals surface area contributed by atoms with Crippen molar-refractivity contribution >= 4 is 34.7 Å². The molecule has 3 aromatic rings. The molecular weight excluding hydrogens is 350 g/mol. The zero-order valence-corrected chi connectivity index (χ0v) is 14.4. The fraction of sp³-hybridized carbons (Fsp3) is 0.105. The lowest BCUT2D eigenvalue weighted by Crippen LogP contribution is -2.20. The van der Waals surface area contributed by atoms with Gasteiger partial charge in [-0.1, -0.05) is 18.2 Å². The van der Waals surface area contributed by atoms with E-state index in [4.69, 9.17) is 9.47 Å². The maximum Gasteiger partial charge on any atom is 0.331 e. The standard InChI is InChI=1S/C19H17N3O5/c1-26-16-5-3-2-4-12(16)6-9-18(24)27-11-17(23)20-13-7-8-14-15(10-13)22-19(25)21-14/h2-10H,11H2,1H3,(H,20,23)(H2,21,22,25). The molecule has 0 aliphatic heterocycles. The number of ether oxygens (including phenoxy) is 2. The van der Waals surface area contributed by atoms with E-state index in [9.17, 15) is 14.4 Å². The lowest BCUT2D eigenvalue weighted by Gasteiger charge is -2.06. The van der Waals surface area contributed by atoms with Crippen LogP contribution in [0.4, 0.5) is 5.69 Å². The van der Waals surface area contributed by atoms with Crippen LogP contribution in [-0.4, -0.2) is 35.6 Å². The Hall–Kier alpha value is -3.81. The highest BCUT2D eigenvalue weighted by molar-refractivity contribution is 5.96. The van der Waals surface area contributed by atoms with E-state index < -0.39 is 18.5 Å². The molecule has 1 amide bonds. The van der Waals surface area contributed by atoms with Gasteiger partial charge in [0, 0.05) is 17.3 Å². The monoisotopic (exact) mass is 367 g/mol. The quantitative estimate of drug-likeness (QED) is 0.456. The number of fused-ring (bicyclic) bond motifs is 1. The first-order valence-electron chi connectivity index (χ1n) is 8.05. The third kappa shape index (κ3) is 4.63. The number of esters is 1. The van der Waals surface area contributed by atoms with Crippen molar-refractivity contribution in [1.29, 1.82) is 0 Å². The largest absolute Gasteiger partial charge is 0.496 e. The predicted molar refractivity (Wildman–Crippen MR) is 101 cm³/mol. The second-order valence-corrected chi connectivity index (χ2v) is 5.57. The van der Waals surface area contributed by atoms with Crippen molar-refractivity contribution < 1.29 is 19.1 Å². The number of para-hydroxylation sites is 1. The lowest BCUT2D eigenvalue weighted by molar-refractivity contribution is -0.142. The summed E-state index contributed by atoms with van der Waals surface area (Å²) in [7, 11) is 1.54. The number of methoxy groups -OCH3 is 1. The van der Waals surface area contributed by atoms with Crippen LogP contribution in [0.15, 0.2) is 53.3 Å². The molecule has 0 unspecified atom stereocenters. The van der Waals surface area contributed by atoms with Crippen LogP contribution in [0.1, 0.15) is 5.56 Å². The van der Waals surface area contributed by atoms with Gasteiger partial charge in [0.15, 0.2) is 6.61 Å². The molecule has 0 aliphatic rings. The van der Waals surface area contributed by atoms with Crippen LogP contribution in [0.2, 0.25) is 0 Å². The zero-order valence-electron chi connectivity index (χ0n) is 14.4. The fourth-order valence-electron chi connectivity index (χ4n) is 2.45. The summed E-state index contributed by atoms with van der Waals surface area (Å²) in [6.07, 6.45) is 2.77. The second kappa shape index (κ2) is 8.05. The molecule has 0 saturated heterocycles. The number of aromatic nitrogens is 2. The molecular formula is C19H17N3O5. The molecule has 0 saturated carbocycles. The Bertz CT molecular complexity index is 1060. The molecule has 0 bridgehead atoms. The van der Waals surface area contributed by atoms with Crippen LogP contribution in [0, 0.1) is 0 Å². The van der Waals surface area contributed by atoms with E-state index in [0.29, 0.717) is 22.5 Å². The molecule has 2 aromatic carbocycles. The van der Waals surface area contributed by atoms with Crippen molar-refractivity contribution in [3.63, 3.8) is 0 Å². The van der Waals surface area contributed by atoms with E-state index in [2.05, 4.69) is 15.3 Å². The summed E-state index contributed by atoms with van der Waals surface area (Å²) in [6, 6.07) is 12.1. The summed E-state index contributed by atoms with van der Waals surface area (Å²) in [4.78, 5) is 40.1. The number of carbonyl (C=O) groups is 2. The molecule has 0 radical (unpaired) electrons. The molecule has 138 valence electrons. The number of anilines is 1. The molecule has 8 nitrogen and oxygen atoms in total. The molecule has 0 fully saturated rings. The van der Waals surface area contributed by atoms with Crippen LogP contribution in [-0.2, 0) is 14.3 Å². The first-order chi connectivity index (χ1) is 13.0. The predicted octanol–water partition coefficient (Wildman–Crippen LogP) is 2.06. The molecule has 1 aromatic heterocycles. The molecule has 0 atom stereocenters. The van der Waals surface area contributed by atoms with Crippen LogP contribution >= 0.6 is 0 Å². The zero-order chi connectivity index (χ0) is 19.2. The smallest absolute Gasteiger partial charge is 0.331 e. The van der Waals surface area contributed by atoms with E-state index in [0.717, 1.165) is 5.56 Å². The minimum atomic E-state index is -0.651. The number of imidazole rings is 1. The lowest BCUT2D eigenvalue weighted by atomic mass is 10.2. The van der Waals surface area contributed by atoms with E-state index >= 15 is 0 Å². The Labute approximate surface area is 153 Å². The number of aromatic amines is 2. The second-order valence-electron chi connectivity index (χ2n) is 5.57. The highest BCUT2D eigenvalue weighted by atomic mass is 16.5. The number of amides is 1. The van der Waals surface area contributed by atoms with Gasteiger partial charge < -0.3 is 24.8 Å². The average Bonchev–Trinajstić information content (AvgIpc) is 3.04. The Morgan fingerprint density at radius 1 is 1.11 bits per heavy atom. The van der Waals surface area contributed by atoms with Gasteiger partial charge in [0.2, 0.25) is 0 Å². The van der Waals surface area contributed by atoms with E-state index in [1.165, 1.54) is 13.2 Å². The summed E-state index contributed by atoms with van der Waals surface area (Å²) in [5.74, 6) is -0.523. The van der Waals surface area contributed by atoms with E-state index in [1.54, 1.807) is 36.4 Å². The summed E-state index contributed by atoms with van der Waals surface area (Å²) < 4.78 is 10.1. The van der Waals surface area contributed by atoms with E-state index in [-0.39, 0.29) is 5.69 Å². The Morgan fingerprint density at radius 2 is 1.89 bits per heavy atom. The fourth-order valence-corrected chi connectivity index (χ4v) is 2.45. The van der Waals surface area contributed by atoms with Gasteiger partial charge in [-0.25, -0.2) is 9.59 Å². The van der Waals surface area contributed by atoms with Crippen molar-refractivity contribution in [3.05, 3.63) is 64.6 Å². The summed E-state index contributed by atoms with van der Waals surface area (Å²) in [5, 5.41) is 2.59. The summed E-state index contributed by atoms with van der Waals surface area (Å²) in [5.41, 5.74) is 2.06. The van der Waals surface area contributed by atoms with Crippen LogP contribution in [0.25, 0.3) is 17.1 Å². The molecule has 3 N–H and O–H groups in total. The van der Waals surface area contributed by atoms with Gasteiger partial charge in [-0.3, -0.25) is 4.79 Å². The maximum atomic E-state index is 11.9. The van der Waals surface area contributed by atoms with Crippen molar-refractivity contribution in [3.8, 4) is 5.75 Å². The van der Waals surface area contributed by atoms with Gasteiger partial charge in [0.25, 0.3) is 5.91 Å². The minimum absolute atomic E-state index is 0.329. The highest BCUT2D eigenvalue weighted by Crippen LogP contribution is 2.18. The first-order valence-corrected chi connectivity index (χ1v) is 8.05.